The Labute approximate surface area is 271 Å². The second-order valence-electron chi connectivity index (χ2n) is 12.5. The van der Waals surface area contributed by atoms with Crippen LogP contribution in [-0.4, -0.2) is 79.3 Å². The number of aliphatic hydroxyl groups is 1. The van der Waals surface area contributed by atoms with E-state index in [1.165, 1.54) is 49.3 Å². The predicted molar refractivity (Wildman–Crippen MR) is 170 cm³/mol. The number of amides is 1. The number of alkyl halides is 1. The number of hydroxylamine groups is 1. The summed E-state index contributed by atoms with van der Waals surface area (Å²) in [5, 5.41) is 24.2. The largest absolute Gasteiger partial charge is 0.708 e. The summed E-state index contributed by atoms with van der Waals surface area (Å²) in [7, 11) is 0. The maximum absolute atomic E-state index is 16.2. The van der Waals surface area contributed by atoms with Gasteiger partial charge in [0.15, 0.2) is 5.67 Å². The quantitative estimate of drug-likeness (QED) is 0.237. The molecule has 12 heteroatoms. The number of rotatable bonds is 6. The van der Waals surface area contributed by atoms with Crippen molar-refractivity contribution in [2.75, 3.05) is 26.2 Å². The van der Waals surface area contributed by atoms with Crippen LogP contribution in [0.3, 0.4) is 0 Å². The van der Waals surface area contributed by atoms with Crippen LogP contribution in [0.5, 0.6) is 5.75 Å². The van der Waals surface area contributed by atoms with Crippen LogP contribution < -0.4 is 10.5 Å². The molecule has 0 bridgehead atoms. The Balaban J connectivity index is 1.09. The highest BCUT2D eigenvalue weighted by atomic mass is 19.1. The van der Waals surface area contributed by atoms with Crippen LogP contribution in [0, 0.1) is 28.8 Å². The molecule has 6 rings (SSSR count). The molecular weight excluding hydrogens is 606 g/mol. The van der Waals surface area contributed by atoms with Gasteiger partial charge in [-0.25, -0.2) is 23.5 Å². The molecule has 3 aliphatic rings. The second kappa shape index (κ2) is 13.4. The molecule has 2 aliphatic heterocycles. The van der Waals surface area contributed by atoms with Gasteiger partial charge in [0.25, 0.3) is 0 Å². The van der Waals surface area contributed by atoms with Gasteiger partial charge < -0.3 is 25.7 Å². The van der Waals surface area contributed by atoms with E-state index in [1.807, 2.05) is 30.3 Å². The number of piperidine rings is 1. The summed E-state index contributed by atoms with van der Waals surface area (Å²) in [5.41, 5.74) is 4.81. The van der Waals surface area contributed by atoms with Crippen molar-refractivity contribution in [2.24, 2.45) is 11.7 Å². The average molecular weight is 643 g/mol. The highest BCUT2D eigenvalue weighted by Gasteiger charge is 2.46. The second-order valence-corrected chi connectivity index (χ2v) is 12.5. The maximum atomic E-state index is 16.2. The summed E-state index contributed by atoms with van der Waals surface area (Å²) in [6.45, 7) is 0.915. The zero-order valence-corrected chi connectivity index (χ0v) is 25.8. The van der Waals surface area contributed by atoms with Gasteiger partial charge in [-0.05, 0) is 61.4 Å². The van der Waals surface area contributed by atoms with Crippen molar-refractivity contribution < 1.29 is 28.2 Å². The molecule has 3 heterocycles. The third kappa shape index (κ3) is 7.52. The van der Waals surface area contributed by atoms with E-state index in [0.717, 1.165) is 5.56 Å². The van der Waals surface area contributed by atoms with Crippen LogP contribution in [0.2, 0.25) is 0 Å². The predicted octanol–water partition coefficient (Wildman–Crippen LogP) is 3.67. The third-order valence-corrected chi connectivity index (χ3v) is 9.07. The fourth-order valence-corrected chi connectivity index (χ4v) is 6.59. The summed E-state index contributed by atoms with van der Waals surface area (Å²) >= 11 is 0. The summed E-state index contributed by atoms with van der Waals surface area (Å²) < 4.78 is 35.5. The van der Waals surface area contributed by atoms with E-state index in [0.29, 0.717) is 42.7 Å². The van der Waals surface area contributed by atoms with Gasteiger partial charge in [-0.1, -0.05) is 42.2 Å². The number of likely N-dealkylation sites (tertiary alicyclic amines) is 1. The van der Waals surface area contributed by atoms with E-state index in [1.54, 1.807) is 9.80 Å². The SMILES string of the molecule is NC1=C(Oc2ccc(F)cc2)[N+]([O-])=CN(CC2(O)CCN(C(=O)[C@@H]3CC[C@@](F)(C#Cc4cncnc4)C[C@H]3c3ccccc3)CC2)C1. The van der Waals surface area contributed by atoms with Crippen molar-refractivity contribution in [3.8, 4) is 17.6 Å². The minimum Gasteiger partial charge on any atom is -0.708 e. The number of benzene rings is 2. The summed E-state index contributed by atoms with van der Waals surface area (Å²) in [6, 6.07) is 14.7. The van der Waals surface area contributed by atoms with Gasteiger partial charge in [-0.2, -0.15) is 0 Å². The highest BCUT2D eigenvalue weighted by Crippen LogP contribution is 2.45. The van der Waals surface area contributed by atoms with Gasteiger partial charge in [0, 0.05) is 37.8 Å². The van der Waals surface area contributed by atoms with Crippen molar-refractivity contribution in [3.05, 3.63) is 107 Å². The molecule has 0 spiro atoms. The number of nitrogens with zero attached hydrogens (tertiary/aromatic N) is 5. The molecule has 3 N–H and O–H groups in total. The molecule has 1 saturated carbocycles. The molecule has 2 fully saturated rings. The van der Waals surface area contributed by atoms with Gasteiger partial charge in [0.1, 0.15) is 42.3 Å². The minimum absolute atomic E-state index is 0.0580. The molecule has 244 valence electrons. The van der Waals surface area contributed by atoms with Crippen molar-refractivity contribution in [3.63, 3.8) is 0 Å². The Hall–Kier alpha value is -5.02. The van der Waals surface area contributed by atoms with Crippen LogP contribution in [-0.2, 0) is 4.79 Å². The van der Waals surface area contributed by atoms with Crippen LogP contribution >= 0.6 is 0 Å². The lowest BCUT2D eigenvalue weighted by Crippen LogP contribution is -2.55. The zero-order valence-electron chi connectivity index (χ0n) is 25.8. The number of hydrogen-bond donors (Lipinski definition) is 2. The third-order valence-electron chi connectivity index (χ3n) is 9.07. The minimum atomic E-state index is -1.77. The zero-order chi connectivity index (χ0) is 33.0. The first-order chi connectivity index (χ1) is 22.6. The van der Waals surface area contributed by atoms with E-state index in [9.17, 15) is 19.5 Å². The molecule has 10 nitrogen and oxygen atoms in total. The average Bonchev–Trinajstić information content (AvgIpc) is 3.07. The highest BCUT2D eigenvalue weighted by molar-refractivity contribution is 5.80. The Bertz CT molecular complexity index is 1700. The van der Waals surface area contributed by atoms with Crippen LogP contribution in [0.15, 0.2) is 84.9 Å². The molecule has 3 aromatic rings. The van der Waals surface area contributed by atoms with E-state index in [2.05, 4.69) is 21.8 Å². The summed E-state index contributed by atoms with van der Waals surface area (Å²) in [4.78, 5) is 25.2. The number of aromatic nitrogens is 2. The number of β-amino-alcohol motifs (C(OH)–C–C–N with tert-alkyl or cyclic N) is 1. The smallest absolute Gasteiger partial charge is 0.316 e. The van der Waals surface area contributed by atoms with Crippen molar-refractivity contribution in [2.45, 2.75) is 49.3 Å². The molecule has 3 atom stereocenters. The van der Waals surface area contributed by atoms with Crippen molar-refractivity contribution in [1.82, 2.24) is 19.8 Å². The van der Waals surface area contributed by atoms with E-state index in [-0.39, 0.29) is 55.1 Å². The maximum Gasteiger partial charge on any atom is 0.316 e. The molecule has 0 radical (unpaired) electrons. The number of ether oxygens (including phenoxy) is 1. The molecule has 2 aromatic carbocycles. The fraction of sp³-hybridized carbons (Fsp3) is 0.371. The van der Waals surface area contributed by atoms with Gasteiger partial charge in [-0.3, -0.25) is 9.69 Å². The van der Waals surface area contributed by atoms with Crippen LogP contribution in [0.25, 0.3) is 0 Å². The first kappa shape index (κ1) is 31.9. The number of carbonyl (C=O) groups excluding carboxylic acids is 1. The fourth-order valence-electron chi connectivity index (χ4n) is 6.59. The Morgan fingerprint density at radius 1 is 1.11 bits per heavy atom. The van der Waals surface area contributed by atoms with E-state index >= 15 is 4.39 Å². The molecule has 1 saturated heterocycles. The van der Waals surface area contributed by atoms with E-state index in [4.69, 9.17) is 10.5 Å². The monoisotopic (exact) mass is 642 g/mol. The lowest BCUT2D eigenvalue weighted by molar-refractivity contribution is -0.437. The van der Waals surface area contributed by atoms with Crippen molar-refractivity contribution >= 4 is 12.2 Å². The number of nitrogens with two attached hydrogens (primary N) is 1. The standard InChI is InChI=1S/C35H36F2N6O4/c36-27-6-8-28(9-7-27)47-33-31(38)21-41(24-43(33)46)22-35(45)14-16-42(17-15-35)32(44)29-11-13-34(37,12-10-25-19-39-23-40-20-25)18-30(29)26-4-2-1-3-5-26/h1-9,19-20,23-24,29-30,45H,11,13-18,21-22,38H2/t29-,30+,34+/m1/s1. The molecule has 47 heavy (non-hydrogen) atoms. The van der Waals surface area contributed by atoms with Gasteiger partial charge in [0.05, 0.1) is 5.56 Å². The van der Waals surface area contributed by atoms with Crippen molar-refractivity contribution in [1.29, 1.82) is 0 Å². The molecule has 1 amide bonds. The Morgan fingerprint density at radius 2 is 1.81 bits per heavy atom. The normalized spacial score (nSPS) is 24.2. The summed E-state index contributed by atoms with van der Waals surface area (Å²) in [6.07, 6.45) is 6.89. The first-order valence-corrected chi connectivity index (χ1v) is 15.6. The topological polar surface area (TPSA) is 131 Å². The summed E-state index contributed by atoms with van der Waals surface area (Å²) in [5.74, 6) is 4.54. The van der Waals surface area contributed by atoms with Crippen LogP contribution in [0.1, 0.15) is 49.1 Å². The Kier molecular flexibility index (Phi) is 9.09. The van der Waals surface area contributed by atoms with Crippen LogP contribution in [0.4, 0.5) is 8.78 Å². The number of hydrogen-bond acceptors (Lipinski definition) is 8. The van der Waals surface area contributed by atoms with Gasteiger partial charge in [-0.15, -0.1) is 0 Å². The molecule has 0 unspecified atom stereocenters. The lowest BCUT2D eigenvalue weighted by Gasteiger charge is -2.43. The molecule has 1 aromatic heterocycles. The number of carbonyl (C=O) groups is 1. The molecular formula is C35H36F2N6O4. The van der Waals surface area contributed by atoms with Gasteiger partial charge in [0.2, 0.25) is 12.2 Å². The van der Waals surface area contributed by atoms with E-state index < -0.39 is 23.0 Å². The number of halogens is 2. The lowest BCUT2D eigenvalue weighted by atomic mass is 9.69. The first-order valence-electron chi connectivity index (χ1n) is 15.6. The Morgan fingerprint density at radius 3 is 2.49 bits per heavy atom. The van der Waals surface area contributed by atoms with Gasteiger partial charge >= 0.3 is 5.88 Å². The molecule has 1 aliphatic carbocycles.